The number of likely N-dealkylation sites (N-methyl/N-ethyl adjacent to an activating group) is 1. The number of aromatic nitrogens is 1. The Hall–Kier alpha value is -1.13. The molecule has 0 amide bonds. The van der Waals surface area contributed by atoms with E-state index in [0.29, 0.717) is 6.04 Å². The van der Waals surface area contributed by atoms with Crippen LogP contribution in [-0.2, 0) is 0 Å². The zero-order valence-electron chi connectivity index (χ0n) is 10.0. The van der Waals surface area contributed by atoms with E-state index in [4.69, 9.17) is 0 Å². The first-order valence-electron chi connectivity index (χ1n) is 6.15. The summed E-state index contributed by atoms with van der Waals surface area (Å²) < 4.78 is 5.91. The van der Waals surface area contributed by atoms with E-state index in [9.17, 15) is 0 Å². The fourth-order valence-corrected chi connectivity index (χ4v) is 3.30. The number of benzene rings is 1. The van der Waals surface area contributed by atoms with Crippen molar-refractivity contribution in [2.75, 3.05) is 25.0 Å². The molecule has 4 heteroatoms. The van der Waals surface area contributed by atoms with Crippen LogP contribution in [0.2, 0.25) is 0 Å². The Morgan fingerprint density at radius 3 is 3.18 bits per heavy atom. The van der Waals surface area contributed by atoms with Gasteiger partial charge in [-0.25, -0.2) is 0 Å². The maximum atomic E-state index is 4.63. The van der Waals surface area contributed by atoms with Crippen LogP contribution in [0.4, 0.5) is 5.82 Å². The number of anilines is 1. The van der Waals surface area contributed by atoms with Gasteiger partial charge in [-0.15, -0.1) is 0 Å². The van der Waals surface area contributed by atoms with Gasteiger partial charge in [-0.3, -0.25) is 0 Å². The van der Waals surface area contributed by atoms with Crippen LogP contribution in [-0.4, -0.2) is 30.6 Å². The van der Waals surface area contributed by atoms with Crippen LogP contribution < -0.4 is 10.2 Å². The van der Waals surface area contributed by atoms with E-state index in [1.807, 2.05) is 7.05 Å². The normalized spacial score (nSPS) is 21.0. The number of hydrogen-bond donors (Lipinski definition) is 1. The Bertz CT molecular complexity index is 508. The lowest BCUT2D eigenvalue weighted by Crippen LogP contribution is -2.44. The molecule has 1 aliphatic heterocycles. The first-order chi connectivity index (χ1) is 8.38. The summed E-state index contributed by atoms with van der Waals surface area (Å²) in [5.74, 6) is 1.17. The summed E-state index contributed by atoms with van der Waals surface area (Å²) in [5, 5.41) is 4.68. The summed E-state index contributed by atoms with van der Waals surface area (Å²) in [6.07, 6.45) is 2.52. The number of rotatable bonds is 2. The lowest BCUT2D eigenvalue weighted by atomic mass is 10.1. The molecule has 2 aromatic rings. The van der Waals surface area contributed by atoms with E-state index in [2.05, 4.69) is 38.9 Å². The van der Waals surface area contributed by atoms with Gasteiger partial charge in [0.2, 0.25) is 0 Å². The van der Waals surface area contributed by atoms with Gasteiger partial charge in [0.1, 0.15) is 5.82 Å². The average Bonchev–Trinajstić information content (AvgIpc) is 2.82. The first-order valence-corrected chi connectivity index (χ1v) is 6.92. The predicted molar refractivity (Wildman–Crippen MR) is 73.9 cm³/mol. The van der Waals surface area contributed by atoms with Gasteiger partial charge in [-0.2, -0.15) is 4.37 Å². The van der Waals surface area contributed by atoms with Crippen LogP contribution in [0.1, 0.15) is 12.8 Å². The Morgan fingerprint density at radius 2 is 2.29 bits per heavy atom. The third-order valence-corrected chi connectivity index (χ3v) is 4.30. The second kappa shape index (κ2) is 4.63. The topological polar surface area (TPSA) is 28.2 Å². The largest absolute Gasteiger partial charge is 0.354 e. The molecule has 0 saturated carbocycles. The Labute approximate surface area is 106 Å². The summed E-state index contributed by atoms with van der Waals surface area (Å²) in [4.78, 5) is 2.42. The molecule has 1 N–H and O–H groups in total. The fraction of sp³-hybridized carbons (Fsp3) is 0.462. The molecular weight excluding hydrogens is 230 g/mol. The number of piperidine rings is 1. The summed E-state index contributed by atoms with van der Waals surface area (Å²) in [5.41, 5.74) is 0. The van der Waals surface area contributed by atoms with Crippen molar-refractivity contribution in [1.29, 1.82) is 0 Å². The lowest BCUT2D eigenvalue weighted by molar-refractivity contribution is 0.449. The van der Waals surface area contributed by atoms with Gasteiger partial charge in [0.25, 0.3) is 0 Å². The molecule has 0 radical (unpaired) electrons. The zero-order valence-corrected chi connectivity index (χ0v) is 10.8. The minimum absolute atomic E-state index is 0.601. The second-order valence-electron chi connectivity index (χ2n) is 4.58. The van der Waals surface area contributed by atoms with Crippen molar-refractivity contribution >= 4 is 27.4 Å². The standard InChI is InChI=1S/C13H17N3S/c1-14-10-5-4-8-16(9-10)13-11-6-2-3-7-12(11)17-15-13/h2-3,6-7,10,14H,4-5,8-9H2,1H3/t10-/m1/s1. The van der Waals surface area contributed by atoms with E-state index in [1.165, 1.54) is 28.7 Å². The minimum atomic E-state index is 0.601. The minimum Gasteiger partial charge on any atom is -0.354 e. The molecule has 3 nitrogen and oxygen atoms in total. The van der Waals surface area contributed by atoms with Crippen LogP contribution in [0.5, 0.6) is 0 Å². The summed E-state index contributed by atoms with van der Waals surface area (Å²) in [6.45, 7) is 2.20. The SMILES string of the molecule is CN[C@@H]1CCCN(c2nsc3ccccc23)C1. The number of hydrogen-bond acceptors (Lipinski definition) is 4. The molecule has 1 aromatic heterocycles. The van der Waals surface area contributed by atoms with Crippen LogP contribution in [0.25, 0.3) is 10.1 Å². The molecule has 0 spiro atoms. The third-order valence-electron chi connectivity index (χ3n) is 3.49. The van der Waals surface area contributed by atoms with Gasteiger partial charge in [0, 0.05) is 24.5 Å². The monoisotopic (exact) mass is 247 g/mol. The molecule has 1 saturated heterocycles. The molecule has 3 rings (SSSR count). The molecular formula is C13H17N3S. The molecule has 0 unspecified atom stereocenters. The fourth-order valence-electron chi connectivity index (χ4n) is 2.51. The van der Waals surface area contributed by atoms with Gasteiger partial charge in [-0.05, 0) is 43.6 Å². The van der Waals surface area contributed by atoms with Crippen molar-refractivity contribution in [2.24, 2.45) is 0 Å². The van der Waals surface area contributed by atoms with Gasteiger partial charge < -0.3 is 10.2 Å². The first kappa shape index (κ1) is 11.0. The van der Waals surface area contributed by atoms with Gasteiger partial charge in [0.05, 0.1) is 4.70 Å². The Balaban J connectivity index is 1.92. The van der Waals surface area contributed by atoms with Crippen molar-refractivity contribution in [3.63, 3.8) is 0 Å². The molecule has 0 bridgehead atoms. The zero-order chi connectivity index (χ0) is 11.7. The predicted octanol–water partition coefficient (Wildman–Crippen LogP) is 2.48. The van der Waals surface area contributed by atoms with E-state index in [-0.39, 0.29) is 0 Å². The average molecular weight is 247 g/mol. The summed E-state index contributed by atoms with van der Waals surface area (Å²) in [7, 11) is 2.05. The Kier molecular flexibility index (Phi) is 2.99. The van der Waals surface area contributed by atoms with Crippen LogP contribution in [0.3, 0.4) is 0 Å². The highest BCUT2D eigenvalue weighted by Gasteiger charge is 2.21. The number of nitrogens with zero attached hydrogens (tertiary/aromatic N) is 2. The van der Waals surface area contributed by atoms with Crippen molar-refractivity contribution in [3.8, 4) is 0 Å². The second-order valence-corrected chi connectivity index (χ2v) is 5.38. The van der Waals surface area contributed by atoms with Gasteiger partial charge in [0.15, 0.2) is 0 Å². The van der Waals surface area contributed by atoms with E-state index < -0.39 is 0 Å². The number of fused-ring (bicyclic) bond motifs is 1. The molecule has 17 heavy (non-hydrogen) atoms. The molecule has 2 heterocycles. The van der Waals surface area contributed by atoms with Gasteiger partial charge in [-0.1, -0.05) is 12.1 Å². The Morgan fingerprint density at radius 1 is 1.41 bits per heavy atom. The molecule has 1 aromatic carbocycles. The maximum absolute atomic E-state index is 4.63. The van der Waals surface area contributed by atoms with Crippen molar-refractivity contribution in [2.45, 2.75) is 18.9 Å². The maximum Gasteiger partial charge on any atom is 0.150 e. The highest BCUT2D eigenvalue weighted by atomic mass is 32.1. The van der Waals surface area contributed by atoms with Crippen LogP contribution >= 0.6 is 11.5 Å². The molecule has 1 fully saturated rings. The summed E-state index contributed by atoms with van der Waals surface area (Å²) in [6, 6.07) is 9.10. The molecule has 1 atom stereocenters. The summed E-state index contributed by atoms with van der Waals surface area (Å²) >= 11 is 1.60. The molecule has 0 aliphatic carbocycles. The molecule has 90 valence electrons. The lowest BCUT2D eigenvalue weighted by Gasteiger charge is -2.32. The van der Waals surface area contributed by atoms with Gasteiger partial charge >= 0.3 is 0 Å². The molecule has 1 aliphatic rings. The highest BCUT2D eigenvalue weighted by molar-refractivity contribution is 7.13. The van der Waals surface area contributed by atoms with Crippen LogP contribution in [0.15, 0.2) is 24.3 Å². The third kappa shape index (κ3) is 2.03. The van der Waals surface area contributed by atoms with Crippen molar-refractivity contribution < 1.29 is 0 Å². The van der Waals surface area contributed by atoms with E-state index in [1.54, 1.807) is 11.5 Å². The van der Waals surface area contributed by atoms with Crippen LogP contribution in [0, 0.1) is 0 Å². The number of nitrogens with one attached hydrogen (secondary N) is 1. The highest BCUT2D eigenvalue weighted by Crippen LogP contribution is 2.30. The smallest absolute Gasteiger partial charge is 0.150 e. The quantitative estimate of drug-likeness (QED) is 0.883. The van der Waals surface area contributed by atoms with E-state index >= 15 is 0 Å². The van der Waals surface area contributed by atoms with E-state index in [0.717, 1.165) is 13.1 Å². The van der Waals surface area contributed by atoms with Crippen molar-refractivity contribution in [1.82, 2.24) is 9.69 Å². The van der Waals surface area contributed by atoms with Crippen molar-refractivity contribution in [3.05, 3.63) is 24.3 Å².